The molecule has 0 saturated carbocycles. The number of hydrogen-bond acceptors (Lipinski definition) is 4. The van der Waals surface area contributed by atoms with E-state index in [1.54, 1.807) is 25.3 Å². The van der Waals surface area contributed by atoms with Gasteiger partial charge < -0.3 is 15.6 Å². The fourth-order valence-electron chi connectivity index (χ4n) is 1.84. The monoisotopic (exact) mass is 258 g/mol. The molecular formula is C14H14N2O3. The number of anilines is 1. The summed E-state index contributed by atoms with van der Waals surface area (Å²) in [6.07, 6.45) is 0. The molecule has 0 amide bonds. The molecule has 1 heterocycles. The van der Waals surface area contributed by atoms with Gasteiger partial charge in [-0.05, 0) is 30.7 Å². The topological polar surface area (TPSA) is 85.4 Å². The fourth-order valence-corrected chi connectivity index (χ4v) is 1.84. The first-order valence-electron chi connectivity index (χ1n) is 5.67. The summed E-state index contributed by atoms with van der Waals surface area (Å²) < 4.78 is 5.21. The van der Waals surface area contributed by atoms with Crippen LogP contribution in [0.2, 0.25) is 0 Å². The maximum Gasteiger partial charge on any atom is 0.335 e. The lowest BCUT2D eigenvalue weighted by Gasteiger charge is -2.10. The number of carboxylic acids is 1. The molecule has 0 atom stereocenters. The van der Waals surface area contributed by atoms with Crippen molar-refractivity contribution < 1.29 is 14.6 Å². The van der Waals surface area contributed by atoms with Crippen LogP contribution >= 0.6 is 0 Å². The highest BCUT2D eigenvalue weighted by molar-refractivity contribution is 5.88. The van der Waals surface area contributed by atoms with Crippen molar-refractivity contribution in [1.29, 1.82) is 0 Å². The van der Waals surface area contributed by atoms with Gasteiger partial charge in [0, 0.05) is 5.56 Å². The molecule has 98 valence electrons. The number of hydrogen-bond donors (Lipinski definition) is 2. The molecule has 3 N–H and O–H groups in total. The highest BCUT2D eigenvalue weighted by atomic mass is 16.5. The van der Waals surface area contributed by atoms with Crippen molar-refractivity contribution in [2.24, 2.45) is 0 Å². The number of aryl methyl sites for hydroxylation is 1. The van der Waals surface area contributed by atoms with Gasteiger partial charge in [0.1, 0.15) is 11.6 Å². The van der Waals surface area contributed by atoms with Crippen LogP contribution in [0.5, 0.6) is 5.75 Å². The molecule has 1 aromatic heterocycles. The van der Waals surface area contributed by atoms with Crippen LogP contribution in [0.25, 0.3) is 11.1 Å². The Bertz CT molecular complexity index is 621. The molecule has 0 radical (unpaired) electrons. The molecule has 0 bridgehead atoms. The summed E-state index contributed by atoms with van der Waals surface area (Å²) in [7, 11) is 1.57. The standard InChI is InChI=1S/C14H14N2O3/c1-8-12(19-2)7-11(13(15)16-8)9-3-5-10(6-4-9)14(17)18/h3-7H,1-2H3,(H2,15,16)(H,17,18). The Labute approximate surface area is 110 Å². The third kappa shape index (κ3) is 2.49. The first-order chi connectivity index (χ1) is 9.02. The van der Waals surface area contributed by atoms with Crippen molar-refractivity contribution in [1.82, 2.24) is 4.98 Å². The highest BCUT2D eigenvalue weighted by Crippen LogP contribution is 2.30. The van der Waals surface area contributed by atoms with Crippen LogP contribution in [0, 0.1) is 6.92 Å². The molecule has 1 aromatic carbocycles. The molecule has 0 aliphatic heterocycles. The predicted octanol–water partition coefficient (Wildman–Crippen LogP) is 2.35. The maximum atomic E-state index is 10.8. The zero-order valence-corrected chi connectivity index (χ0v) is 10.7. The third-order valence-electron chi connectivity index (χ3n) is 2.86. The van der Waals surface area contributed by atoms with Gasteiger partial charge >= 0.3 is 5.97 Å². The van der Waals surface area contributed by atoms with E-state index in [1.807, 2.05) is 6.92 Å². The Hall–Kier alpha value is -2.56. The molecule has 0 aliphatic rings. The zero-order chi connectivity index (χ0) is 14.0. The van der Waals surface area contributed by atoms with Gasteiger partial charge in [0.2, 0.25) is 0 Å². The first kappa shape index (κ1) is 12.9. The van der Waals surface area contributed by atoms with E-state index < -0.39 is 5.97 Å². The van der Waals surface area contributed by atoms with Crippen molar-refractivity contribution in [3.05, 3.63) is 41.6 Å². The van der Waals surface area contributed by atoms with Crippen molar-refractivity contribution in [2.75, 3.05) is 12.8 Å². The normalized spacial score (nSPS) is 10.2. The van der Waals surface area contributed by atoms with E-state index >= 15 is 0 Å². The van der Waals surface area contributed by atoms with Crippen LogP contribution in [-0.4, -0.2) is 23.2 Å². The summed E-state index contributed by atoms with van der Waals surface area (Å²) in [6, 6.07) is 8.26. The number of methoxy groups -OCH3 is 1. The maximum absolute atomic E-state index is 10.8. The Morgan fingerprint density at radius 3 is 2.47 bits per heavy atom. The van der Waals surface area contributed by atoms with Gasteiger partial charge in [-0.2, -0.15) is 0 Å². The van der Waals surface area contributed by atoms with Gasteiger partial charge in [0.15, 0.2) is 0 Å². The predicted molar refractivity (Wildman–Crippen MR) is 72.3 cm³/mol. The van der Waals surface area contributed by atoms with Crippen LogP contribution in [0.15, 0.2) is 30.3 Å². The highest BCUT2D eigenvalue weighted by Gasteiger charge is 2.10. The minimum absolute atomic E-state index is 0.231. The van der Waals surface area contributed by atoms with Gasteiger partial charge in [-0.3, -0.25) is 0 Å². The van der Waals surface area contributed by atoms with E-state index in [2.05, 4.69) is 4.98 Å². The molecule has 2 rings (SSSR count). The smallest absolute Gasteiger partial charge is 0.335 e. The van der Waals surface area contributed by atoms with Gasteiger partial charge in [-0.1, -0.05) is 12.1 Å². The molecule has 5 heteroatoms. The number of nitrogens with two attached hydrogens (primary N) is 1. The van der Waals surface area contributed by atoms with Crippen LogP contribution in [0.4, 0.5) is 5.82 Å². The summed E-state index contributed by atoms with van der Waals surface area (Å²) >= 11 is 0. The van der Waals surface area contributed by atoms with Crippen molar-refractivity contribution in [3.63, 3.8) is 0 Å². The van der Waals surface area contributed by atoms with Crippen LogP contribution in [0.1, 0.15) is 16.1 Å². The molecule has 0 fully saturated rings. The Balaban J connectivity index is 2.49. The van der Waals surface area contributed by atoms with E-state index in [0.717, 1.165) is 11.1 Å². The number of pyridine rings is 1. The van der Waals surface area contributed by atoms with Crippen molar-refractivity contribution >= 4 is 11.8 Å². The number of rotatable bonds is 3. The number of nitrogens with zero attached hydrogens (tertiary/aromatic N) is 1. The molecule has 2 aromatic rings. The number of carboxylic acid groups (broad SMARTS) is 1. The zero-order valence-electron chi connectivity index (χ0n) is 10.7. The Morgan fingerprint density at radius 1 is 1.32 bits per heavy atom. The number of benzene rings is 1. The number of ether oxygens (including phenoxy) is 1. The lowest BCUT2D eigenvalue weighted by Crippen LogP contribution is -2.00. The van der Waals surface area contributed by atoms with Gasteiger partial charge in [0.25, 0.3) is 0 Å². The number of aromatic nitrogens is 1. The van der Waals surface area contributed by atoms with Gasteiger partial charge in [-0.25, -0.2) is 9.78 Å². The molecule has 0 saturated heterocycles. The fraction of sp³-hybridized carbons (Fsp3) is 0.143. The number of nitrogen functional groups attached to an aromatic ring is 1. The second kappa shape index (κ2) is 4.97. The second-order valence-electron chi connectivity index (χ2n) is 4.09. The average Bonchev–Trinajstić information content (AvgIpc) is 2.39. The van der Waals surface area contributed by atoms with E-state index in [0.29, 0.717) is 17.3 Å². The van der Waals surface area contributed by atoms with Crippen molar-refractivity contribution in [3.8, 4) is 16.9 Å². The average molecular weight is 258 g/mol. The minimum atomic E-state index is -0.959. The van der Waals surface area contributed by atoms with Crippen LogP contribution in [0.3, 0.4) is 0 Å². The number of aromatic carboxylic acids is 1. The summed E-state index contributed by atoms with van der Waals surface area (Å²) in [6.45, 7) is 1.81. The minimum Gasteiger partial charge on any atom is -0.495 e. The Kier molecular flexibility index (Phi) is 3.37. The van der Waals surface area contributed by atoms with E-state index in [-0.39, 0.29) is 5.56 Å². The lowest BCUT2D eigenvalue weighted by molar-refractivity contribution is 0.0697. The second-order valence-corrected chi connectivity index (χ2v) is 4.09. The summed E-state index contributed by atoms with van der Waals surface area (Å²) in [4.78, 5) is 15.0. The SMILES string of the molecule is COc1cc(-c2ccc(C(=O)O)cc2)c(N)nc1C. The number of carbonyl (C=O) groups is 1. The molecule has 0 aliphatic carbocycles. The molecule has 0 spiro atoms. The summed E-state index contributed by atoms with van der Waals surface area (Å²) in [5, 5.41) is 8.86. The van der Waals surface area contributed by atoms with E-state index in [1.165, 1.54) is 12.1 Å². The summed E-state index contributed by atoms with van der Waals surface area (Å²) in [5.41, 5.74) is 8.36. The quantitative estimate of drug-likeness (QED) is 0.882. The van der Waals surface area contributed by atoms with Gasteiger partial charge in [0.05, 0.1) is 18.4 Å². The summed E-state index contributed by atoms with van der Waals surface area (Å²) in [5.74, 6) is 0.0759. The molecule has 19 heavy (non-hydrogen) atoms. The third-order valence-corrected chi connectivity index (χ3v) is 2.86. The largest absolute Gasteiger partial charge is 0.495 e. The van der Waals surface area contributed by atoms with Gasteiger partial charge in [-0.15, -0.1) is 0 Å². The van der Waals surface area contributed by atoms with E-state index in [9.17, 15) is 4.79 Å². The van der Waals surface area contributed by atoms with Crippen LogP contribution < -0.4 is 10.5 Å². The van der Waals surface area contributed by atoms with E-state index in [4.69, 9.17) is 15.6 Å². The molecular weight excluding hydrogens is 244 g/mol. The molecule has 5 nitrogen and oxygen atoms in total. The first-order valence-corrected chi connectivity index (χ1v) is 5.67. The van der Waals surface area contributed by atoms with Crippen LogP contribution in [-0.2, 0) is 0 Å². The molecule has 0 unspecified atom stereocenters. The van der Waals surface area contributed by atoms with Crippen molar-refractivity contribution in [2.45, 2.75) is 6.92 Å². The Morgan fingerprint density at radius 2 is 1.95 bits per heavy atom. The lowest BCUT2D eigenvalue weighted by atomic mass is 10.0.